The molecule has 2 aromatic heterocycles. The molecule has 0 aliphatic rings. The smallest absolute Gasteiger partial charge is 0.230 e. The van der Waals surface area contributed by atoms with Gasteiger partial charge in [-0.15, -0.1) is 28.1 Å². The van der Waals surface area contributed by atoms with Gasteiger partial charge in [0.15, 0.2) is 16.1 Å². The largest absolute Gasteiger partial charge is 0.298 e. The maximum atomic E-state index is 14.3. The maximum absolute atomic E-state index is 14.3. The third-order valence-electron chi connectivity index (χ3n) is 5.14. The standard InChI is InChI=1S/C25H24FN5OS2/c1-4-14-30-23(21-8-6-7-9-22(21)26)28-29-25(30)34-16-19-15-33-24(27-19)31(17(3)32)20-12-10-18(5-2)11-13-20/h4,6-13,15H,1,5,14,16H2,2-3H3. The molecule has 0 radical (unpaired) electrons. The minimum absolute atomic E-state index is 0.0990. The summed E-state index contributed by atoms with van der Waals surface area (Å²) in [5.74, 6) is 0.539. The van der Waals surface area contributed by atoms with Gasteiger partial charge in [0.1, 0.15) is 5.82 Å². The van der Waals surface area contributed by atoms with E-state index < -0.39 is 0 Å². The van der Waals surface area contributed by atoms with Crippen molar-refractivity contribution in [3.8, 4) is 11.4 Å². The average Bonchev–Trinajstić information content (AvgIpc) is 3.46. The fourth-order valence-electron chi connectivity index (χ4n) is 3.44. The van der Waals surface area contributed by atoms with Crippen LogP contribution in [0.3, 0.4) is 0 Å². The van der Waals surface area contributed by atoms with Gasteiger partial charge in [-0.1, -0.05) is 49.0 Å². The third kappa shape index (κ3) is 5.10. The van der Waals surface area contributed by atoms with E-state index in [1.165, 1.54) is 41.7 Å². The Kier molecular flexibility index (Phi) is 7.54. The summed E-state index contributed by atoms with van der Waals surface area (Å²) in [5.41, 5.74) is 3.22. The van der Waals surface area contributed by atoms with Crippen LogP contribution in [0.25, 0.3) is 11.4 Å². The number of hydrogen-bond acceptors (Lipinski definition) is 6. The topological polar surface area (TPSA) is 63.9 Å². The number of benzene rings is 2. The number of rotatable bonds is 9. The summed E-state index contributed by atoms with van der Waals surface area (Å²) >= 11 is 2.87. The van der Waals surface area contributed by atoms with Gasteiger partial charge in [-0.3, -0.25) is 14.3 Å². The third-order valence-corrected chi connectivity index (χ3v) is 7.02. The van der Waals surface area contributed by atoms with E-state index in [1.807, 2.05) is 34.2 Å². The predicted molar refractivity (Wildman–Crippen MR) is 136 cm³/mol. The van der Waals surface area contributed by atoms with Crippen molar-refractivity contribution in [3.63, 3.8) is 0 Å². The number of thiazole rings is 1. The molecule has 0 N–H and O–H groups in total. The van der Waals surface area contributed by atoms with Crippen molar-refractivity contribution in [1.82, 2.24) is 19.7 Å². The predicted octanol–water partition coefficient (Wildman–Crippen LogP) is 6.27. The molecule has 34 heavy (non-hydrogen) atoms. The minimum Gasteiger partial charge on any atom is -0.298 e. The van der Waals surface area contributed by atoms with Gasteiger partial charge in [0.25, 0.3) is 0 Å². The molecule has 0 saturated carbocycles. The zero-order valence-corrected chi connectivity index (χ0v) is 20.6. The van der Waals surface area contributed by atoms with Crippen LogP contribution in [0.1, 0.15) is 25.1 Å². The van der Waals surface area contributed by atoms with Gasteiger partial charge in [-0.25, -0.2) is 9.37 Å². The van der Waals surface area contributed by atoms with Gasteiger partial charge in [0.05, 0.1) is 16.9 Å². The molecule has 2 aromatic carbocycles. The molecule has 0 saturated heterocycles. The van der Waals surface area contributed by atoms with Crippen molar-refractivity contribution < 1.29 is 9.18 Å². The Morgan fingerprint density at radius 3 is 2.65 bits per heavy atom. The lowest BCUT2D eigenvalue weighted by Gasteiger charge is -2.18. The molecular formula is C25H24FN5OS2. The highest BCUT2D eigenvalue weighted by molar-refractivity contribution is 7.98. The molecule has 0 unspecified atom stereocenters. The molecule has 0 fully saturated rings. The summed E-state index contributed by atoms with van der Waals surface area (Å²) in [5, 5.41) is 11.7. The number of hydrogen-bond donors (Lipinski definition) is 0. The maximum Gasteiger partial charge on any atom is 0.230 e. The van der Waals surface area contributed by atoms with Gasteiger partial charge in [0, 0.05) is 24.6 Å². The molecular weight excluding hydrogens is 469 g/mol. The van der Waals surface area contributed by atoms with E-state index in [2.05, 4.69) is 28.7 Å². The molecule has 4 aromatic rings. The van der Waals surface area contributed by atoms with E-state index in [9.17, 15) is 9.18 Å². The van der Waals surface area contributed by atoms with Crippen molar-refractivity contribution in [2.24, 2.45) is 0 Å². The highest BCUT2D eigenvalue weighted by Crippen LogP contribution is 2.32. The molecule has 174 valence electrons. The molecule has 0 aliphatic heterocycles. The number of carbonyl (C=O) groups excluding carboxylic acids is 1. The summed E-state index contributed by atoms with van der Waals surface area (Å²) in [4.78, 5) is 18.7. The second-order valence-electron chi connectivity index (χ2n) is 7.47. The molecule has 2 heterocycles. The SMILES string of the molecule is C=CCn1c(SCc2csc(N(C(C)=O)c3ccc(CC)cc3)n2)nnc1-c1ccccc1F. The van der Waals surface area contributed by atoms with Crippen LogP contribution >= 0.6 is 23.1 Å². The van der Waals surface area contributed by atoms with Gasteiger partial charge >= 0.3 is 0 Å². The summed E-state index contributed by atoms with van der Waals surface area (Å²) in [7, 11) is 0. The van der Waals surface area contributed by atoms with Gasteiger partial charge in [-0.2, -0.15) is 0 Å². The van der Waals surface area contributed by atoms with Crippen LogP contribution in [0.4, 0.5) is 15.2 Å². The van der Waals surface area contributed by atoms with E-state index in [0.29, 0.717) is 34.0 Å². The van der Waals surface area contributed by atoms with Gasteiger partial charge in [0.2, 0.25) is 5.91 Å². The molecule has 0 aliphatic carbocycles. The fourth-order valence-corrected chi connectivity index (χ4v) is 5.27. The molecule has 9 heteroatoms. The number of thioether (sulfide) groups is 1. The lowest BCUT2D eigenvalue weighted by atomic mass is 10.1. The first kappa shape index (κ1) is 23.8. The van der Waals surface area contributed by atoms with Crippen LogP contribution in [0.15, 0.2) is 71.7 Å². The monoisotopic (exact) mass is 493 g/mol. The van der Waals surface area contributed by atoms with Crippen LogP contribution in [0, 0.1) is 5.82 Å². The highest BCUT2D eigenvalue weighted by Gasteiger charge is 2.20. The normalized spacial score (nSPS) is 10.9. The first-order chi connectivity index (χ1) is 16.5. The van der Waals surface area contributed by atoms with Crippen LogP contribution in [0.2, 0.25) is 0 Å². The van der Waals surface area contributed by atoms with Crippen LogP contribution < -0.4 is 4.90 Å². The number of carbonyl (C=O) groups is 1. The summed E-state index contributed by atoms with van der Waals surface area (Å²) < 4.78 is 16.2. The number of amides is 1. The average molecular weight is 494 g/mol. The number of aryl methyl sites for hydroxylation is 1. The molecule has 0 atom stereocenters. The Bertz CT molecular complexity index is 1300. The first-order valence-electron chi connectivity index (χ1n) is 10.8. The van der Waals surface area contributed by atoms with Crippen LogP contribution in [-0.2, 0) is 23.5 Å². The lowest BCUT2D eigenvalue weighted by molar-refractivity contribution is -0.115. The molecule has 4 rings (SSSR count). The minimum atomic E-state index is -0.350. The molecule has 0 bridgehead atoms. The number of nitrogens with zero attached hydrogens (tertiary/aromatic N) is 5. The van der Waals surface area contributed by atoms with Crippen molar-refractivity contribution in [3.05, 3.63) is 83.6 Å². The Balaban J connectivity index is 1.54. The van der Waals surface area contributed by atoms with Crippen molar-refractivity contribution in [1.29, 1.82) is 0 Å². The summed E-state index contributed by atoms with van der Waals surface area (Å²) in [6.07, 6.45) is 2.67. The Labute approximate surface area is 206 Å². The molecule has 0 spiro atoms. The Hall–Kier alpha value is -3.30. The van der Waals surface area contributed by atoms with E-state index in [4.69, 9.17) is 0 Å². The number of anilines is 2. The quantitative estimate of drug-likeness (QED) is 0.203. The second kappa shape index (κ2) is 10.8. The Morgan fingerprint density at radius 2 is 1.97 bits per heavy atom. The van der Waals surface area contributed by atoms with Crippen LogP contribution in [-0.4, -0.2) is 25.7 Å². The van der Waals surface area contributed by atoms with E-state index >= 15 is 0 Å². The zero-order chi connectivity index (χ0) is 24.1. The lowest BCUT2D eigenvalue weighted by Crippen LogP contribution is -2.22. The number of allylic oxidation sites excluding steroid dienone is 1. The summed E-state index contributed by atoms with van der Waals surface area (Å²) in [6, 6.07) is 14.4. The van der Waals surface area contributed by atoms with Crippen molar-refractivity contribution >= 4 is 39.8 Å². The molecule has 1 amide bonds. The Morgan fingerprint density at radius 1 is 1.21 bits per heavy atom. The van der Waals surface area contributed by atoms with Crippen molar-refractivity contribution in [2.75, 3.05) is 4.90 Å². The van der Waals surface area contributed by atoms with E-state index in [1.54, 1.807) is 29.2 Å². The van der Waals surface area contributed by atoms with E-state index in [0.717, 1.165) is 17.8 Å². The van der Waals surface area contributed by atoms with Gasteiger partial charge in [-0.05, 0) is 36.2 Å². The van der Waals surface area contributed by atoms with Gasteiger partial charge < -0.3 is 0 Å². The first-order valence-corrected chi connectivity index (χ1v) is 12.6. The van der Waals surface area contributed by atoms with Crippen molar-refractivity contribution in [2.45, 2.75) is 37.7 Å². The zero-order valence-electron chi connectivity index (χ0n) is 18.9. The second-order valence-corrected chi connectivity index (χ2v) is 9.25. The number of halogens is 1. The summed E-state index contributed by atoms with van der Waals surface area (Å²) in [6.45, 7) is 7.88. The molecule has 6 nitrogen and oxygen atoms in total. The fraction of sp³-hybridized carbons (Fsp3) is 0.200. The van der Waals surface area contributed by atoms with E-state index in [-0.39, 0.29) is 11.7 Å². The van der Waals surface area contributed by atoms with Crippen LogP contribution in [0.5, 0.6) is 0 Å². The highest BCUT2D eigenvalue weighted by atomic mass is 32.2. The number of aromatic nitrogens is 4.